The molecule has 0 aromatic carbocycles. The summed E-state index contributed by atoms with van der Waals surface area (Å²) in [6, 6.07) is 3.79. The number of aliphatic hydroxyl groups excluding tert-OH is 2. The Morgan fingerprint density at radius 1 is 1.29 bits per heavy atom. The first-order valence-corrected chi connectivity index (χ1v) is 8.27. The van der Waals surface area contributed by atoms with E-state index in [2.05, 4.69) is 4.98 Å². The zero-order valence-corrected chi connectivity index (χ0v) is 12.6. The lowest BCUT2D eigenvalue weighted by Gasteiger charge is -2.55. The van der Waals surface area contributed by atoms with Gasteiger partial charge in [0.05, 0.1) is 18.0 Å². The molecule has 21 heavy (non-hydrogen) atoms. The lowest BCUT2D eigenvalue weighted by molar-refractivity contribution is -0.191. The van der Waals surface area contributed by atoms with Crippen molar-refractivity contribution in [2.75, 3.05) is 18.8 Å². The second-order valence-corrected chi connectivity index (χ2v) is 6.90. The Labute approximate surface area is 128 Å². The molecule has 3 rings (SSSR count). The van der Waals surface area contributed by atoms with Crippen molar-refractivity contribution < 1.29 is 15.0 Å². The van der Waals surface area contributed by atoms with Gasteiger partial charge in [-0.2, -0.15) is 0 Å². The van der Waals surface area contributed by atoms with Gasteiger partial charge in [0.1, 0.15) is 0 Å². The van der Waals surface area contributed by atoms with Crippen LogP contribution in [0.5, 0.6) is 0 Å². The monoisotopic (exact) mass is 308 g/mol. The van der Waals surface area contributed by atoms with E-state index in [4.69, 9.17) is 0 Å². The number of amides is 1. The average molecular weight is 308 g/mol. The zero-order chi connectivity index (χ0) is 14.9. The Kier molecular flexibility index (Phi) is 4.19. The first-order valence-electron chi connectivity index (χ1n) is 7.28. The molecule has 1 aliphatic carbocycles. The molecule has 114 valence electrons. The molecule has 1 amide bonds. The van der Waals surface area contributed by atoms with E-state index in [0.717, 1.165) is 4.90 Å². The number of carbonyl (C=O) groups is 1. The molecule has 2 fully saturated rings. The maximum atomic E-state index is 12.2. The van der Waals surface area contributed by atoms with Crippen LogP contribution in [0.3, 0.4) is 0 Å². The highest BCUT2D eigenvalue weighted by Gasteiger charge is 2.55. The lowest BCUT2D eigenvalue weighted by atomic mass is 9.58. The first kappa shape index (κ1) is 14.8. The molecular weight excluding hydrogens is 288 g/mol. The fourth-order valence-electron chi connectivity index (χ4n) is 3.25. The summed E-state index contributed by atoms with van der Waals surface area (Å²) in [6.45, 7) is 1.26. The predicted octanol–water partition coefficient (Wildman–Crippen LogP) is 0.908. The fourth-order valence-corrected chi connectivity index (χ4v) is 4.04. The van der Waals surface area contributed by atoms with E-state index < -0.39 is 12.2 Å². The van der Waals surface area contributed by atoms with Crippen molar-refractivity contribution in [3.63, 3.8) is 0 Å². The number of carbonyl (C=O) groups excluding carboxylic acids is 1. The molecule has 1 spiro atoms. The summed E-state index contributed by atoms with van der Waals surface area (Å²) < 4.78 is 0. The molecular formula is C15H20N2O3S. The minimum Gasteiger partial charge on any atom is -0.392 e. The molecule has 5 nitrogen and oxygen atoms in total. The maximum absolute atomic E-state index is 12.2. The summed E-state index contributed by atoms with van der Waals surface area (Å²) in [7, 11) is 0. The molecule has 0 radical (unpaired) electrons. The number of hydrogen-bond donors (Lipinski definition) is 2. The van der Waals surface area contributed by atoms with Gasteiger partial charge in [0.2, 0.25) is 5.91 Å². The summed E-state index contributed by atoms with van der Waals surface area (Å²) in [5.41, 5.74) is -0.352. The quantitative estimate of drug-likeness (QED) is 0.812. The summed E-state index contributed by atoms with van der Waals surface area (Å²) in [4.78, 5) is 19.1. The summed E-state index contributed by atoms with van der Waals surface area (Å²) in [6.07, 6.45) is 4.49. The van der Waals surface area contributed by atoms with Gasteiger partial charge >= 0.3 is 0 Å². The van der Waals surface area contributed by atoms with E-state index in [-0.39, 0.29) is 11.3 Å². The van der Waals surface area contributed by atoms with Crippen LogP contribution in [0.1, 0.15) is 19.3 Å². The van der Waals surface area contributed by atoms with Gasteiger partial charge in [0, 0.05) is 42.2 Å². The van der Waals surface area contributed by atoms with Crippen LogP contribution in [0.25, 0.3) is 0 Å². The molecule has 0 bridgehead atoms. The minimum atomic E-state index is -0.407. The second kappa shape index (κ2) is 5.94. The van der Waals surface area contributed by atoms with Gasteiger partial charge in [-0.15, -0.1) is 11.8 Å². The fraction of sp³-hybridized carbons (Fsp3) is 0.600. The van der Waals surface area contributed by atoms with Crippen molar-refractivity contribution in [2.24, 2.45) is 5.41 Å². The van der Waals surface area contributed by atoms with E-state index in [0.29, 0.717) is 38.1 Å². The van der Waals surface area contributed by atoms with Crippen molar-refractivity contribution in [1.29, 1.82) is 0 Å². The molecule has 1 saturated carbocycles. The molecule has 1 aromatic rings. The Balaban J connectivity index is 1.49. The number of likely N-dealkylation sites (tertiary alicyclic amines) is 1. The van der Waals surface area contributed by atoms with E-state index in [9.17, 15) is 15.0 Å². The topological polar surface area (TPSA) is 73.7 Å². The SMILES string of the molecule is O=C(CSc1ccncc1)N1CCC2(CC1)[C@H](O)C[C@@H]2O. The highest BCUT2D eigenvalue weighted by Crippen LogP contribution is 2.49. The van der Waals surface area contributed by atoms with E-state index >= 15 is 0 Å². The number of aliphatic hydroxyl groups is 2. The normalized spacial score (nSPS) is 27.4. The smallest absolute Gasteiger partial charge is 0.232 e. The van der Waals surface area contributed by atoms with Gasteiger partial charge in [0.25, 0.3) is 0 Å². The lowest BCUT2D eigenvalue weighted by Crippen LogP contribution is -2.62. The molecule has 2 N–H and O–H groups in total. The molecule has 6 heteroatoms. The van der Waals surface area contributed by atoms with Crippen LogP contribution in [0.15, 0.2) is 29.4 Å². The largest absolute Gasteiger partial charge is 0.392 e. The third-order valence-corrected chi connectivity index (χ3v) is 5.83. The molecule has 1 saturated heterocycles. The standard InChI is InChI=1S/C15H20N2O3S/c18-12-9-13(19)15(12)3-7-17(8-4-15)14(20)10-21-11-1-5-16-6-2-11/h1-2,5-6,12-13,18-19H,3-4,7-10H2/t12-,13+. The van der Waals surface area contributed by atoms with Crippen LogP contribution in [0, 0.1) is 5.41 Å². The van der Waals surface area contributed by atoms with Crippen molar-refractivity contribution in [1.82, 2.24) is 9.88 Å². The summed E-state index contributed by atoms with van der Waals surface area (Å²) in [5, 5.41) is 19.8. The Hall–Kier alpha value is -1.11. The van der Waals surface area contributed by atoms with E-state index in [1.807, 2.05) is 17.0 Å². The van der Waals surface area contributed by atoms with Gasteiger partial charge in [-0.1, -0.05) is 0 Å². The number of aromatic nitrogens is 1. The molecule has 2 heterocycles. The maximum Gasteiger partial charge on any atom is 0.232 e. The van der Waals surface area contributed by atoms with Crippen LogP contribution in [0.4, 0.5) is 0 Å². The molecule has 1 aliphatic heterocycles. The van der Waals surface area contributed by atoms with E-state index in [1.165, 1.54) is 11.8 Å². The van der Waals surface area contributed by atoms with E-state index in [1.54, 1.807) is 12.4 Å². The number of thioether (sulfide) groups is 1. The number of nitrogens with zero attached hydrogens (tertiary/aromatic N) is 2. The third-order valence-electron chi connectivity index (χ3n) is 4.83. The van der Waals surface area contributed by atoms with Gasteiger partial charge in [-0.25, -0.2) is 0 Å². The highest BCUT2D eigenvalue weighted by molar-refractivity contribution is 8.00. The Morgan fingerprint density at radius 3 is 2.48 bits per heavy atom. The second-order valence-electron chi connectivity index (χ2n) is 5.85. The summed E-state index contributed by atoms with van der Waals surface area (Å²) in [5.74, 6) is 0.539. The van der Waals surface area contributed by atoms with Crippen molar-refractivity contribution in [3.8, 4) is 0 Å². The Bertz CT molecular complexity index is 493. The predicted molar refractivity (Wildman–Crippen MR) is 79.8 cm³/mol. The average Bonchev–Trinajstić information content (AvgIpc) is 2.54. The third kappa shape index (κ3) is 2.80. The van der Waals surface area contributed by atoms with Crippen molar-refractivity contribution in [3.05, 3.63) is 24.5 Å². The van der Waals surface area contributed by atoms with Crippen LogP contribution < -0.4 is 0 Å². The van der Waals surface area contributed by atoms with Crippen molar-refractivity contribution in [2.45, 2.75) is 36.4 Å². The van der Waals surface area contributed by atoms with Crippen LogP contribution in [-0.4, -0.2) is 57.1 Å². The zero-order valence-electron chi connectivity index (χ0n) is 11.8. The van der Waals surface area contributed by atoms with Gasteiger partial charge in [-0.3, -0.25) is 9.78 Å². The molecule has 0 unspecified atom stereocenters. The molecule has 1 aromatic heterocycles. The van der Waals surface area contributed by atoms with Crippen LogP contribution in [-0.2, 0) is 4.79 Å². The Morgan fingerprint density at radius 2 is 1.90 bits per heavy atom. The molecule has 2 atom stereocenters. The van der Waals surface area contributed by atoms with Gasteiger partial charge in [-0.05, 0) is 25.0 Å². The molecule has 2 aliphatic rings. The highest BCUT2D eigenvalue weighted by atomic mass is 32.2. The minimum absolute atomic E-state index is 0.120. The summed E-state index contributed by atoms with van der Waals surface area (Å²) >= 11 is 1.51. The number of rotatable bonds is 3. The van der Waals surface area contributed by atoms with Crippen LogP contribution in [0.2, 0.25) is 0 Å². The van der Waals surface area contributed by atoms with Gasteiger partial charge in [0.15, 0.2) is 0 Å². The van der Waals surface area contributed by atoms with Gasteiger partial charge < -0.3 is 15.1 Å². The first-order chi connectivity index (χ1) is 10.1. The number of hydrogen-bond acceptors (Lipinski definition) is 5. The number of pyridine rings is 1. The van der Waals surface area contributed by atoms with Crippen LogP contribution >= 0.6 is 11.8 Å². The van der Waals surface area contributed by atoms with Crippen molar-refractivity contribution >= 4 is 17.7 Å². The number of piperidine rings is 1.